The van der Waals surface area contributed by atoms with Gasteiger partial charge in [0.2, 0.25) is 5.91 Å². The zero-order chi connectivity index (χ0) is 15.7. The first-order chi connectivity index (χ1) is 10.1. The number of amides is 1. The summed E-state index contributed by atoms with van der Waals surface area (Å²) in [6, 6.07) is 8.05. The lowest BCUT2D eigenvalue weighted by Gasteiger charge is -2.17. The number of benzene rings is 1. The van der Waals surface area contributed by atoms with Gasteiger partial charge in [0, 0.05) is 25.2 Å². The number of carbonyl (C=O) groups is 1. The van der Waals surface area contributed by atoms with E-state index in [-0.39, 0.29) is 5.91 Å². The lowest BCUT2D eigenvalue weighted by molar-refractivity contribution is -0.130. The summed E-state index contributed by atoms with van der Waals surface area (Å²) in [7, 11) is 0. The number of anilines is 1. The predicted molar refractivity (Wildman–Crippen MR) is 88.5 cm³/mol. The van der Waals surface area contributed by atoms with Crippen molar-refractivity contribution in [2.24, 2.45) is 10.7 Å². The molecule has 0 saturated heterocycles. The van der Waals surface area contributed by atoms with Crippen LogP contribution in [0.25, 0.3) is 0 Å². The van der Waals surface area contributed by atoms with Crippen LogP contribution in [0.2, 0.25) is 0 Å². The summed E-state index contributed by atoms with van der Waals surface area (Å²) in [5, 5.41) is 3.05. The summed E-state index contributed by atoms with van der Waals surface area (Å²) in [4.78, 5) is 17.8. The monoisotopic (exact) mass is 290 g/mol. The summed E-state index contributed by atoms with van der Waals surface area (Å²) < 4.78 is 0. The number of aryl methyl sites for hydroxylation is 1. The molecule has 0 saturated carbocycles. The zero-order valence-corrected chi connectivity index (χ0v) is 13.2. The summed E-state index contributed by atoms with van der Waals surface area (Å²) in [5.41, 5.74) is 8.00. The molecule has 0 aliphatic heterocycles. The maximum Gasteiger partial charge on any atom is 0.224 e. The van der Waals surface area contributed by atoms with E-state index in [1.165, 1.54) is 5.56 Å². The van der Waals surface area contributed by atoms with E-state index in [0.29, 0.717) is 18.9 Å². The molecule has 1 amide bonds. The van der Waals surface area contributed by atoms with Gasteiger partial charge in [0.1, 0.15) is 0 Å². The second-order valence-corrected chi connectivity index (χ2v) is 4.76. The molecule has 5 heteroatoms. The minimum absolute atomic E-state index is 0.115. The number of guanidine groups is 1. The van der Waals surface area contributed by atoms with Crippen molar-refractivity contribution in [1.82, 2.24) is 4.90 Å². The second kappa shape index (κ2) is 9.00. The third-order valence-corrected chi connectivity index (χ3v) is 3.33. The quantitative estimate of drug-likeness (QED) is 0.597. The van der Waals surface area contributed by atoms with Gasteiger partial charge in [0.25, 0.3) is 0 Å². The first-order valence-corrected chi connectivity index (χ1v) is 7.54. The van der Waals surface area contributed by atoms with E-state index in [1.807, 2.05) is 32.0 Å². The van der Waals surface area contributed by atoms with Crippen LogP contribution in [0.4, 0.5) is 5.69 Å². The Labute approximate surface area is 127 Å². The van der Waals surface area contributed by atoms with Crippen molar-refractivity contribution in [3.05, 3.63) is 29.8 Å². The van der Waals surface area contributed by atoms with Gasteiger partial charge >= 0.3 is 0 Å². The van der Waals surface area contributed by atoms with Crippen LogP contribution >= 0.6 is 0 Å². The summed E-state index contributed by atoms with van der Waals surface area (Å²) in [6.45, 7) is 7.92. The van der Waals surface area contributed by atoms with Crippen molar-refractivity contribution in [3.8, 4) is 0 Å². The predicted octanol–water partition coefficient (Wildman–Crippen LogP) is 2.23. The summed E-state index contributed by atoms with van der Waals surface area (Å²) >= 11 is 0. The van der Waals surface area contributed by atoms with Gasteiger partial charge in [-0.2, -0.15) is 0 Å². The molecule has 116 valence electrons. The van der Waals surface area contributed by atoms with Crippen LogP contribution in [0.3, 0.4) is 0 Å². The molecule has 0 radical (unpaired) electrons. The molecule has 0 heterocycles. The standard InChI is InChI=1S/C16H26N4O/c1-4-13-8-7-9-14(12-13)19-16(17)18-11-10-15(21)20(5-2)6-3/h7-9,12H,4-6,10-11H2,1-3H3,(H3,17,18,19). The molecule has 0 aromatic heterocycles. The molecular weight excluding hydrogens is 264 g/mol. The Bertz CT molecular complexity index is 481. The van der Waals surface area contributed by atoms with Crippen LogP contribution in [-0.4, -0.2) is 36.4 Å². The zero-order valence-electron chi connectivity index (χ0n) is 13.2. The highest BCUT2D eigenvalue weighted by Gasteiger charge is 2.08. The molecule has 0 spiro atoms. The first-order valence-electron chi connectivity index (χ1n) is 7.54. The van der Waals surface area contributed by atoms with Gasteiger partial charge in [-0.1, -0.05) is 19.1 Å². The Kier molecular flexibility index (Phi) is 7.29. The Morgan fingerprint density at radius 1 is 1.29 bits per heavy atom. The molecule has 21 heavy (non-hydrogen) atoms. The molecule has 0 aliphatic carbocycles. The highest BCUT2D eigenvalue weighted by Crippen LogP contribution is 2.10. The number of carbonyl (C=O) groups excluding carboxylic acids is 1. The molecular formula is C16H26N4O. The third kappa shape index (κ3) is 5.85. The van der Waals surface area contributed by atoms with E-state index in [1.54, 1.807) is 4.90 Å². The van der Waals surface area contributed by atoms with Crippen molar-refractivity contribution < 1.29 is 4.79 Å². The number of nitrogens with one attached hydrogen (secondary N) is 1. The second-order valence-electron chi connectivity index (χ2n) is 4.76. The van der Waals surface area contributed by atoms with E-state index in [9.17, 15) is 4.79 Å². The number of aliphatic imine (C=N–C) groups is 1. The molecule has 0 fully saturated rings. The molecule has 0 unspecified atom stereocenters. The SMILES string of the molecule is CCc1cccc(NC(N)=NCCC(=O)N(CC)CC)c1. The van der Waals surface area contributed by atoms with Gasteiger partial charge in [-0.3, -0.25) is 9.79 Å². The van der Waals surface area contributed by atoms with E-state index in [0.717, 1.165) is 25.2 Å². The van der Waals surface area contributed by atoms with Crippen LogP contribution in [0, 0.1) is 0 Å². The average Bonchev–Trinajstić information content (AvgIpc) is 2.48. The van der Waals surface area contributed by atoms with Gasteiger partial charge < -0.3 is 16.0 Å². The Morgan fingerprint density at radius 2 is 2.00 bits per heavy atom. The topological polar surface area (TPSA) is 70.7 Å². The number of nitrogens with two attached hydrogens (primary N) is 1. The van der Waals surface area contributed by atoms with Crippen LogP contribution < -0.4 is 11.1 Å². The minimum atomic E-state index is 0.115. The largest absolute Gasteiger partial charge is 0.370 e. The van der Waals surface area contributed by atoms with E-state index >= 15 is 0 Å². The maximum absolute atomic E-state index is 11.8. The van der Waals surface area contributed by atoms with Gasteiger partial charge in [-0.15, -0.1) is 0 Å². The van der Waals surface area contributed by atoms with Crippen molar-refractivity contribution in [3.63, 3.8) is 0 Å². The van der Waals surface area contributed by atoms with Crippen LogP contribution in [0.15, 0.2) is 29.3 Å². The third-order valence-electron chi connectivity index (χ3n) is 3.33. The fourth-order valence-electron chi connectivity index (χ4n) is 2.06. The van der Waals surface area contributed by atoms with Gasteiger partial charge in [-0.05, 0) is 38.0 Å². The smallest absolute Gasteiger partial charge is 0.224 e. The number of rotatable bonds is 7. The van der Waals surface area contributed by atoms with Crippen molar-refractivity contribution in [2.45, 2.75) is 33.6 Å². The van der Waals surface area contributed by atoms with Crippen molar-refractivity contribution >= 4 is 17.6 Å². The fraction of sp³-hybridized carbons (Fsp3) is 0.500. The highest BCUT2D eigenvalue weighted by atomic mass is 16.2. The number of hydrogen-bond donors (Lipinski definition) is 2. The highest BCUT2D eigenvalue weighted by molar-refractivity contribution is 5.92. The van der Waals surface area contributed by atoms with Crippen LogP contribution in [0.5, 0.6) is 0 Å². The molecule has 1 rings (SSSR count). The lowest BCUT2D eigenvalue weighted by Crippen LogP contribution is -2.31. The molecule has 0 atom stereocenters. The summed E-state index contributed by atoms with van der Waals surface area (Å²) in [5.74, 6) is 0.458. The number of nitrogens with zero attached hydrogens (tertiary/aromatic N) is 2. The normalized spacial score (nSPS) is 11.3. The van der Waals surface area contributed by atoms with Crippen molar-refractivity contribution in [2.75, 3.05) is 25.0 Å². The Morgan fingerprint density at radius 3 is 2.62 bits per heavy atom. The van der Waals surface area contributed by atoms with E-state index in [4.69, 9.17) is 5.73 Å². The molecule has 1 aromatic carbocycles. The Balaban J connectivity index is 2.47. The average molecular weight is 290 g/mol. The fourth-order valence-corrected chi connectivity index (χ4v) is 2.06. The molecule has 1 aromatic rings. The maximum atomic E-state index is 11.8. The lowest BCUT2D eigenvalue weighted by atomic mass is 10.1. The number of hydrogen-bond acceptors (Lipinski definition) is 2. The van der Waals surface area contributed by atoms with Crippen LogP contribution in [0.1, 0.15) is 32.8 Å². The Hall–Kier alpha value is -2.04. The van der Waals surface area contributed by atoms with Gasteiger partial charge in [-0.25, -0.2) is 0 Å². The van der Waals surface area contributed by atoms with Gasteiger partial charge in [0.15, 0.2) is 5.96 Å². The molecule has 0 aliphatic rings. The molecule has 3 N–H and O–H groups in total. The van der Waals surface area contributed by atoms with Crippen LogP contribution in [-0.2, 0) is 11.2 Å². The molecule has 5 nitrogen and oxygen atoms in total. The van der Waals surface area contributed by atoms with Crippen molar-refractivity contribution in [1.29, 1.82) is 0 Å². The van der Waals surface area contributed by atoms with E-state index < -0.39 is 0 Å². The van der Waals surface area contributed by atoms with Gasteiger partial charge in [0.05, 0.1) is 6.54 Å². The minimum Gasteiger partial charge on any atom is -0.370 e. The molecule has 0 bridgehead atoms. The van der Waals surface area contributed by atoms with E-state index in [2.05, 4.69) is 23.3 Å². The first kappa shape index (κ1) is 17.0. The summed E-state index contributed by atoms with van der Waals surface area (Å²) in [6.07, 6.45) is 1.37.